The van der Waals surface area contributed by atoms with Crippen molar-refractivity contribution in [2.75, 3.05) is 19.4 Å². The van der Waals surface area contributed by atoms with E-state index in [4.69, 9.17) is 26.1 Å². The van der Waals surface area contributed by atoms with Crippen LogP contribution in [-0.4, -0.2) is 39.5 Å². The standard InChI is InChI=1S/C25H22ClN7O3/c1-32(2)22(29-16-27)13-18-14-28-25(33(24(18)34)15-17-3-5-19(26)6-4-17)30-20-7-9-21(10-8-20)36-23-11-12-35-31-23/h3-12,14H,13,15H2,1-2H3,(H,28,30). The second-order valence-electron chi connectivity index (χ2n) is 7.91. The molecule has 0 fully saturated rings. The highest BCUT2D eigenvalue weighted by molar-refractivity contribution is 6.30. The molecular formula is C25H22ClN7O3. The van der Waals surface area contributed by atoms with Crippen molar-refractivity contribution in [1.82, 2.24) is 19.6 Å². The van der Waals surface area contributed by atoms with Crippen LogP contribution in [0.25, 0.3) is 0 Å². The molecule has 2 heterocycles. The quantitative estimate of drug-likeness (QED) is 0.212. The summed E-state index contributed by atoms with van der Waals surface area (Å²) >= 11 is 6.03. The number of nitrogens with zero attached hydrogens (tertiary/aromatic N) is 6. The summed E-state index contributed by atoms with van der Waals surface area (Å²) in [4.78, 5) is 23.6. The lowest BCUT2D eigenvalue weighted by Gasteiger charge is -2.17. The van der Waals surface area contributed by atoms with E-state index in [1.807, 2.05) is 12.1 Å². The largest absolute Gasteiger partial charge is 0.436 e. The maximum Gasteiger partial charge on any atom is 0.259 e. The molecule has 0 radical (unpaired) electrons. The summed E-state index contributed by atoms with van der Waals surface area (Å²) in [7, 11) is 3.53. The van der Waals surface area contributed by atoms with Crippen molar-refractivity contribution in [3.8, 4) is 17.8 Å². The first-order valence-electron chi connectivity index (χ1n) is 10.8. The van der Waals surface area contributed by atoms with E-state index >= 15 is 0 Å². The van der Waals surface area contributed by atoms with Crippen molar-refractivity contribution >= 4 is 29.1 Å². The number of ether oxygens (including phenoxy) is 1. The molecule has 0 atom stereocenters. The van der Waals surface area contributed by atoms with Crippen LogP contribution in [0, 0.1) is 11.5 Å². The fourth-order valence-electron chi connectivity index (χ4n) is 3.31. The van der Waals surface area contributed by atoms with E-state index in [-0.39, 0.29) is 18.5 Å². The van der Waals surface area contributed by atoms with Gasteiger partial charge in [-0.25, -0.2) is 4.98 Å². The van der Waals surface area contributed by atoms with Crippen molar-refractivity contribution < 1.29 is 9.26 Å². The Morgan fingerprint density at radius 3 is 2.58 bits per heavy atom. The SMILES string of the molecule is CN(C)C(Cc1cnc(Nc2ccc(Oc3ccon3)cc2)n(Cc2ccc(Cl)cc2)c1=O)=NC#N. The molecule has 2 aromatic carbocycles. The molecule has 0 spiro atoms. The molecule has 10 nitrogen and oxygen atoms in total. The number of anilines is 2. The number of nitriles is 1. The molecule has 0 saturated carbocycles. The molecule has 0 bridgehead atoms. The summed E-state index contributed by atoms with van der Waals surface area (Å²) in [6, 6.07) is 16.0. The summed E-state index contributed by atoms with van der Waals surface area (Å²) in [6.07, 6.45) is 4.88. The highest BCUT2D eigenvalue weighted by Crippen LogP contribution is 2.23. The van der Waals surface area contributed by atoms with Gasteiger partial charge in [-0.3, -0.25) is 9.36 Å². The minimum Gasteiger partial charge on any atom is -0.436 e. The number of benzene rings is 2. The third-order valence-corrected chi connectivity index (χ3v) is 5.41. The van der Waals surface area contributed by atoms with Gasteiger partial charge in [0.05, 0.1) is 6.54 Å². The summed E-state index contributed by atoms with van der Waals surface area (Å²) in [5.74, 6) is 1.73. The molecule has 0 aliphatic rings. The van der Waals surface area contributed by atoms with Crippen LogP contribution >= 0.6 is 11.6 Å². The van der Waals surface area contributed by atoms with Crippen LogP contribution in [0.4, 0.5) is 11.6 Å². The van der Waals surface area contributed by atoms with Crippen LogP contribution in [0.5, 0.6) is 11.6 Å². The van der Waals surface area contributed by atoms with Gasteiger partial charge < -0.3 is 19.5 Å². The molecule has 0 unspecified atom stereocenters. The number of amidine groups is 1. The number of aliphatic imine (C=N–C) groups is 1. The Balaban J connectivity index is 1.65. The Hall–Kier alpha value is -4.62. The van der Waals surface area contributed by atoms with E-state index in [0.717, 1.165) is 5.56 Å². The first kappa shape index (κ1) is 24.5. The first-order valence-corrected chi connectivity index (χ1v) is 11.2. The Morgan fingerprint density at radius 2 is 1.94 bits per heavy atom. The van der Waals surface area contributed by atoms with Crippen LogP contribution < -0.4 is 15.6 Å². The Bertz CT molecular complexity index is 1440. The molecule has 0 amide bonds. The third kappa shape index (κ3) is 6.08. The summed E-state index contributed by atoms with van der Waals surface area (Å²) < 4.78 is 11.9. The number of hydrogen-bond donors (Lipinski definition) is 1. The Labute approximate surface area is 212 Å². The number of halogens is 1. The maximum atomic E-state index is 13.5. The van der Waals surface area contributed by atoms with Crippen molar-refractivity contribution in [3.63, 3.8) is 0 Å². The monoisotopic (exact) mass is 503 g/mol. The van der Waals surface area contributed by atoms with Crippen LogP contribution in [-0.2, 0) is 13.0 Å². The zero-order valence-corrected chi connectivity index (χ0v) is 20.3. The van der Waals surface area contributed by atoms with E-state index in [9.17, 15) is 4.79 Å². The molecular weight excluding hydrogens is 482 g/mol. The predicted molar refractivity (Wildman–Crippen MR) is 136 cm³/mol. The normalized spacial score (nSPS) is 11.1. The molecule has 0 aliphatic carbocycles. The molecule has 36 heavy (non-hydrogen) atoms. The van der Waals surface area contributed by atoms with Crippen LogP contribution in [0.3, 0.4) is 0 Å². The van der Waals surface area contributed by atoms with Gasteiger partial charge in [-0.05, 0) is 47.1 Å². The van der Waals surface area contributed by atoms with Crippen molar-refractivity contribution in [1.29, 1.82) is 5.26 Å². The van der Waals surface area contributed by atoms with Crippen molar-refractivity contribution in [3.05, 3.63) is 93.6 Å². The van der Waals surface area contributed by atoms with Gasteiger partial charge in [-0.1, -0.05) is 23.7 Å². The number of aromatic nitrogens is 3. The number of hydrogen-bond acceptors (Lipinski definition) is 8. The Kier molecular flexibility index (Phi) is 7.63. The molecule has 0 aliphatic heterocycles. The lowest BCUT2D eigenvalue weighted by molar-refractivity contribution is 0.367. The highest BCUT2D eigenvalue weighted by Gasteiger charge is 2.15. The first-order chi connectivity index (χ1) is 17.4. The van der Waals surface area contributed by atoms with Gasteiger partial charge in [0.15, 0.2) is 0 Å². The number of nitrogens with one attached hydrogen (secondary N) is 1. The van der Waals surface area contributed by atoms with Crippen LogP contribution in [0.15, 0.2) is 81.4 Å². The number of likely N-dealkylation sites (N-methyl/N-ethyl adjacent to an activating group) is 1. The van der Waals surface area contributed by atoms with Gasteiger partial charge in [0, 0.05) is 49.1 Å². The highest BCUT2D eigenvalue weighted by atomic mass is 35.5. The molecule has 182 valence electrons. The van der Waals surface area contributed by atoms with Gasteiger partial charge in [0.2, 0.25) is 12.1 Å². The van der Waals surface area contributed by atoms with E-state index in [2.05, 4.69) is 20.4 Å². The van der Waals surface area contributed by atoms with Crippen LogP contribution in [0.2, 0.25) is 5.02 Å². The van der Waals surface area contributed by atoms with Crippen molar-refractivity contribution in [2.45, 2.75) is 13.0 Å². The summed E-state index contributed by atoms with van der Waals surface area (Å²) in [5, 5.41) is 16.5. The zero-order chi connectivity index (χ0) is 25.5. The lowest BCUT2D eigenvalue weighted by Crippen LogP contribution is -2.31. The molecule has 11 heteroatoms. The fraction of sp³-hybridized carbons (Fsp3) is 0.160. The summed E-state index contributed by atoms with van der Waals surface area (Å²) in [6.45, 7) is 0.263. The van der Waals surface area contributed by atoms with E-state index < -0.39 is 0 Å². The van der Waals surface area contributed by atoms with Gasteiger partial charge in [-0.15, -0.1) is 0 Å². The topological polar surface area (TPSA) is 122 Å². The smallest absolute Gasteiger partial charge is 0.259 e. The molecule has 4 rings (SSSR count). The second-order valence-corrected chi connectivity index (χ2v) is 8.35. The average molecular weight is 504 g/mol. The van der Waals surface area contributed by atoms with Crippen molar-refractivity contribution in [2.24, 2.45) is 4.99 Å². The zero-order valence-electron chi connectivity index (χ0n) is 19.6. The van der Waals surface area contributed by atoms with Gasteiger partial charge in [0.25, 0.3) is 11.4 Å². The van der Waals surface area contributed by atoms with E-state index in [1.54, 1.807) is 67.7 Å². The maximum absolute atomic E-state index is 13.5. The Morgan fingerprint density at radius 1 is 1.19 bits per heavy atom. The van der Waals surface area contributed by atoms with Gasteiger partial charge in [0.1, 0.15) is 17.8 Å². The minimum atomic E-state index is -0.249. The van der Waals surface area contributed by atoms with Gasteiger partial charge in [-0.2, -0.15) is 10.3 Å². The molecule has 0 saturated heterocycles. The molecule has 2 aromatic heterocycles. The second kappa shape index (κ2) is 11.2. The van der Waals surface area contributed by atoms with E-state index in [0.29, 0.717) is 39.7 Å². The predicted octanol–water partition coefficient (Wildman–Crippen LogP) is 4.45. The fourth-order valence-corrected chi connectivity index (χ4v) is 3.44. The minimum absolute atomic E-state index is 0.168. The molecule has 1 N–H and O–H groups in total. The third-order valence-electron chi connectivity index (χ3n) is 5.16. The average Bonchev–Trinajstić information content (AvgIpc) is 3.38. The molecule has 4 aromatic rings. The number of rotatable bonds is 8. The summed E-state index contributed by atoms with van der Waals surface area (Å²) in [5.41, 5.74) is 1.74. The van der Waals surface area contributed by atoms with Crippen LogP contribution in [0.1, 0.15) is 11.1 Å². The lowest BCUT2D eigenvalue weighted by atomic mass is 10.2. The van der Waals surface area contributed by atoms with E-state index in [1.165, 1.54) is 17.0 Å². The van der Waals surface area contributed by atoms with Gasteiger partial charge >= 0.3 is 0 Å².